The molecule has 26 heavy (non-hydrogen) atoms. The van der Waals surface area contributed by atoms with Crippen LogP contribution in [0.2, 0.25) is 0 Å². The number of phenols is 1. The Bertz CT molecular complexity index is 489. The molecule has 0 fully saturated rings. The number of hydrogen-bond acceptors (Lipinski definition) is 5. The SMILES string of the molecule is CCCCCCCCCCCC(=O)OCC(O)COc1cccc(O)c1. The maximum Gasteiger partial charge on any atom is 0.305 e. The van der Waals surface area contributed by atoms with Gasteiger partial charge < -0.3 is 19.7 Å². The van der Waals surface area contributed by atoms with Gasteiger partial charge in [0.2, 0.25) is 0 Å². The lowest BCUT2D eigenvalue weighted by molar-refractivity contribution is -0.147. The van der Waals surface area contributed by atoms with Gasteiger partial charge in [-0.05, 0) is 18.6 Å². The lowest BCUT2D eigenvalue weighted by Crippen LogP contribution is -2.25. The molecule has 0 aliphatic rings. The Kier molecular flexibility index (Phi) is 12.4. The molecule has 0 bridgehead atoms. The van der Waals surface area contributed by atoms with E-state index in [1.807, 2.05) is 0 Å². The van der Waals surface area contributed by atoms with Crippen molar-refractivity contribution in [3.05, 3.63) is 24.3 Å². The number of aromatic hydroxyl groups is 1. The maximum absolute atomic E-state index is 11.7. The van der Waals surface area contributed by atoms with Gasteiger partial charge in [-0.3, -0.25) is 4.79 Å². The molecule has 2 N–H and O–H groups in total. The summed E-state index contributed by atoms with van der Waals surface area (Å²) in [6.07, 6.45) is 10.4. The Labute approximate surface area is 157 Å². The predicted molar refractivity (Wildman–Crippen MR) is 102 cm³/mol. The van der Waals surface area contributed by atoms with Crippen LogP contribution in [0.5, 0.6) is 11.5 Å². The van der Waals surface area contributed by atoms with Crippen molar-refractivity contribution in [3.8, 4) is 11.5 Å². The minimum absolute atomic E-state index is 0.00870. The maximum atomic E-state index is 11.7. The van der Waals surface area contributed by atoms with Crippen LogP contribution in [0.1, 0.15) is 71.1 Å². The molecule has 1 atom stereocenters. The van der Waals surface area contributed by atoms with Gasteiger partial charge in [-0.15, -0.1) is 0 Å². The molecule has 0 saturated carbocycles. The number of carbonyl (C=O) groups excluding carboxylic acids is 1. The summed E-state index contributed by atoms with van der Waals surface area (Å²) in [4.78, 5) is 11.7. The standard InChI is InChI=1S/C21H34O5/c1-2-3-4-5-6-7-8-9-10-14-21(24)26-17-19(23)16-25-20-13-11-12-18(22)15-20/h11-13,15,19,22-23H,2-10,14,16-17H2,1H3. The first-order valence-corrected chi connectivity index (χ1v) is 9.87. The lowest BCUT2D eigenvalue weighted by Gasteiger charge is -2.13. The van der Waals surface area contributed by atoms with Crippen molar-refractivity contribution >= 4 is 5.97 Å². The summed E-state index contributed by atoms with van der Waals surface area (Å²) in [6, 6.07) is 6.34. The van der Waals surface area contributed by atoms with Crippen LogP contribution in [-0.4, -0.2) is 35.5 Å². The third-order valence-electron chi connectivity index (χ3n) is 4.18. The summed E-state index contributed by atoms with van der Waals surface area (Å²) in [5.41, 5.74) is 0. The number of unbranched alkanes of at least 4 members (excludes halogenated alkanes) is 8. The summed E-state index contributed by atoms with van der Waals surface area (Å²) >= 11 is 0. The summed E-state index contributed by atoms with van der Waals surface area (Å²) in [6.45, 7) is 2.16. The van der Waals surface area contributed by atoms with Gasteiger partial charge in [-0.2, -0.15) is 0 Å². The van der Waals surface area contributed by atoms with Crippen LogP contribution in [0, 0.1) is 0 Å². The highest BCUT2D eigenvalue weighted by molar-refractivity contribution is 5.69. The molecule has 1 aromatic rings. The van der Waals surface area contributed by atoms with Gasteiger partial charge in [0.05, 0.1) is 0 Å². The Hall–Kier alpha value is -1.75. The van der Waals surface area contributed by atoms with Crippen LogP contribution >= 0.6 is 0 Å². The van der Waals surface area contributed by atoms with Crippen LogP contribution in [-0.2, 0) is 9.53 Å². The van der Waals surface area contributed by atoms with Gasteiger partial charge >= 0.3 is 5.97 Å². The fraction of sp³-hybridized carbons (Fsp3) is 0.667. The summed E-state index contributed by atoms with van der Waals surface area (Å²) < 4.78 is 10.4. The normalized spacial score (nSPS) is 11.9. The molecular formula is C21H34O5. The highest BCUT2D eigenvalue weighted by Gasteiger charge is 2.10. The van der Waals surface area contributed by atoms with E-state index in [0.29, 0.717) is 12.2 Å². The van der Waals surface area contributed by atoms with Crippen molar-refractivity contribution in [2.75, 3.05) is 13.2 Å². The second kappa shape index (κ2) is 14.4. The largest absolute Gasteiger partial charge is 0.508 e. The molecule has 5 heteroatoms. The zero-order valence-electron chi connectivity index (χ0n) is 16.0. The summed E-state index contributed by atoms with van der Waals surface area (Å²) in [5, 5.41) is 19.1. The number of ether oxygens (including phenoxy) is 2. The number of aliphatic hydroxyl groups excluding tert-OH is 1. The van der Waals surface area contributed by atoms with Crippen molar-refractivity contribution in [1.82, 2.24) is 0 Å². The molecule has 5 nitrogen and oxygen atoms in total. The minimum Gasteiger partial charge on any atom is -0.508 e. The van der Waals surface area contributed by atoms with E-state index in [1.54, 1.807) is 12.1 Å². The van der Waals surface area contributed by atoms with Crippen molar-refractivity contribution in [2.45, 2.75) is 77.2 Å². The number of phenolic OH excluding ortho intramolecular Hbond substituents is 1. The molecule has 0 aliphatic carbocycles. The number of benzene rings is 1. The third kappa shape index (κ3) is 11.7. The number of rotatable bonds is 15. The highest BCUT2D eigenvalue weighted by atomic mass is 16.5. The van der Waals surface area contributed by atoms with Gasteiger partial charge in [-0.1, -0.05) is 64.4 Å². The van der Waals surface area contributed by atoms with E-state index in [9.17, 15) is 15.0 Å². The average Bonchev–Trinajstić information content (AvgIpc) is 2.63. The minimum atomic E-state index is -0.885. The van der Waals surface area contributed by atoms with Gasteiger partial charge in [0.1, 0.15) is 30.8 Å². The van der Waals surface area contributed by atoms with E-state index in [2.05, 4.69) is 6.92 Å². The molecule has 0 saturated heterocycles. The predicted octanol–water partition coefficient (Wildman–Crippen LogP) is 4.60. The zero-order valence-corrected chi connectivity index (χ0v) is 16.0. The Morgan fingerprint density at radius 2 is 1.65 bits per heavy atom. The Morgan fingerprint density at radius 3 is 2.31 bits per heavy atom. The Balaban J connectivity index is 1.97. The van der Waals surface area contributed by atoms with E-state index in [1.165, 1.54) is 57.1 Å². The zero-order chi connectivity index (χ0) is 19.0. The van der Waals surface area contributed by atoms with Crippen molar-refractivity contribution in [1.29, 1.82) is 0 Å². The molecule has 1 rings (SSSR count). The fourth-order valence-electron chi connectivity index (χ4n) is 2.66. The number of hydrogen-bond donors (Lipinski definition) is 2. The summed E-state index contributed by atoms with van der Waals surface area (Å²) in [7, 11) is 0. The first-order chi connectivity index (χ1) is 12.6. The molecular weight excluding hydrogens is 332 g/mol. The van der Waals surface area contributed by atoms with Crippen LogP contribution in [0.25, 0.3) is 0 Å². The topological polar surface area (TPSA) is 76.0 Å². The molecule has 0 heterocycles. The molecule has 0 aliphatic heterocycles. The molecule has 0 aromatic heterocycles. The van der Waals surface area contributed by atoms with Crippen LogP contribution < -0.4 is 4.74 Å². The quantitative estimate of drug-likeness (QED) is 0.350. The van der Waals surface area contributed by atoms with Crippen molar-refractivity contribution in [2.24, 2.45) is 0 Å². The first-order valence-electron chi connectivity index (χ1n) is 9.87. The molecule has 1 unspecified atom stereocenters. The average molecular weight is 366 g/mol. The second-order valence-electron chi connectivity index (χ2n) is 6.72. The van der Waals surface area contributed by atoms with E-state index in [0.717, 1.165) is 12.8 Å². The van der Waals surface area contributed by atoms with Crippen molar-refractivity contribution < 1.29 is 24.5 Å². The van der Waals surface area contributed by atoms with Gasteiger partial charge in [0.15, 0.2) is 0 Å². The first kappa shape index (κ1) is 22.3. The monoisotopic (exact) mass is 366 g/mol. The van der Waals surface area contributed by atoms with E-state index < -0.39 is 6.10 Å². The number of esters is 1. The molecule has 0 radical (unpaired) electrons. The molecule has 0 spiro atoms. The van der Waals surface area contributed by atoms with Crippen LogP contribution in [0.4, 0.5) is 0 Å². The summed E-state index contributed by atoms with van der Waals surface area (Å²) in [5.74, 6) is 0.291. The van der Waals surface area contributed by atoms with E-state index in [-0.39, 0.29) is 24.9 Å². The van der Waals surface area contributed by atoms with E-state index in [4.69, 9.17) is 9.47 Å². The number of aliphatic hydroxyl groups is 1. The van der Waals surface area contributed by atoms with Crippen molar-refractivity contribution in [3.63, 3.8) is 0 Å². The smallest absolute Gasteiger partial charge is 0.305 e. The number of carbonyl (C=O) groups is 1. The molecule has 1 aromatic carbocycles. The second-order valence-corrected chi connectivity index (χ2v) is 6.72. The van der Waals surface area contributed by atoms with Crippen LogP contribution in [0.15, 0.2) is 24.3 Å². The Morgan fingerprint density at radius 1 is 1.00 bits per heavy atom. The van der Waals surface area contributed by atoms with Gasteiger partial charge in [-0.25, -0.2) is 0 Å². The fourth-order valence-corrected chi connectivity index (χ4v) is 2.66. The van der Waals surface area contributed by atoms with Crippen LogP contribution in [0.3, 0.4) is 0 Å². The molecule has 148 valence electrons. The van der Waals surface area contributed by atoms with Gasteiger partial charge in [0, 0.05) is 12.5 Å². The molecule has 0 amide bonds. The van der Waals surface area contributed by atoms with E-state index >= 15 is 0 Å². The third-order valence-corrected chi connectivity index (χ3v) is 4.18. The van der Waals surface area contributed by atoms with Gasteiger partial charge in [0.25, 0.3) is 0 Å². The lowest BCUT2D eigenvalue weighted by atomic mass is 10.1. The highest BCUT2D eigenvalue weighted by Crippen LogP contribution is 2.17.